The third-order valence-electron chi connectivity index (χ3n) is 3.85. The van der Waals surface area contributed by atoms with Gasteiger partial charge in [-0.1, -0.05) is 24.8 Å². The summed E-state index contributed by atoms with van der Waals surface area (Å²) in [4.78, 5) is 15.3. The van der Waals surface area contributed by atoms with E-state index in [1.165, 1.54) is 11.8 Å². The highest BCUT2D eigenvalue weighted by Crippen LogP contribution is 2.26. The summed E-state index contributed by atoms with van der Waals surface area (Å²) in [5, 5.41) is 11.2. The molecule has 0 spiro atoms. The number of thioether (sulfide) groups is 1. The summed E-state index contributed by atoms with van der Waals surface area (Å²) in [5.41, 5.74) is 0. The molecule has 3 heterocycles. The third kappa shape index (κ3) is 3.76. The van der Waals surface area contributed by atoms with Crippen LogP contribution in [-0.4, -0.2) is 57.1 Å². The molecule has 2 aromatic rings. The van der Waals surface area contributed by atoms with E-state index in [0.29, 0.717) is 25.4 Å². The van der Waals surface area contributed by atoms with Gasteiger partial charge < -0.3 is 14.2 Å². The van der Waals surface area contributed by atoms with Crippen molar-refractivity contribution in [3.63, 3.8) is 0 Å². The Labute approximate surface area is 143 Å². The van der Waals surface area contributed by atoms with Gasteiger partial charge in [0.15, 0.2) is 11.0 Å². The monoisotopic (exact) mass is 352 g/mol. The molecule has 0 saturated carbocycles. The molecular formula is C15H20N4O2S2. The van der Waals surface area contributed by atoms with Gasteiger partial charge in [-0.3, -0.25) is 4.79 Å². The van der Waals surface area contributed by atoms with Crippen LogP contribution in [0.1, 0.15) is 13.3 Å². The largest absolute Gasteiger partial charge is 0.375 e. The van der Waals surface area contributed by atoms with Crippen LogP contribution >= 0.6 is 23.1 Å². The van der Waals surface area contributed by atoms with E-state index in [-0.39, 0.29) is 12.0 Å². The summed E-state index contributed by atoms with van der Waals surface area (Å²) in [7, 11) is 1.93. The van der Waals surface area contributed by atoms with Gasteiger partial charge in [-0.25, -0.2) is 0 Å². The zero-order valence-electron chi connectivity index (χ0n) is 13.3. The second-order valence-corrected chi connectivity index (χ2v) is 7.26. The molecule has 3 rings (SSSR count). The fourth-order valence-corrected chi connectivity index (χ4v) is 4.03. The van der Waals surface area contributed by atoms with Gasteiger partial charge in [0, 0.05) is 20.1 Å². The second kappa shape index (κ2) is 7.46. The van der Waals surface area contributed by atoms with Crippen LogP contribution in [0.2, 0.25) is 0 Å². The van der Waals surface area contributed by atoms with E-state index in [9.17, 15) is 4.79 Å². The molecule has 0 aliphatic carbocycles. The van der Waals surface area contributed by atoms with Crippen LogP contribution in [0.5, 0.6) is 0 Å². The summed E-state index contributed by atoms with van der Waals surface area (Å²) >= 11 is 3.07. The molecule has 6 nitrogen and oxygen atoms in total. The van der Waals surface area contributed by atoms with Gasteiger partial charge in [-0.15, -0.1) is 21.5 Å². The predicted octanol–water partition coefficient (Wildman–Crippen LogP) is 2.27. The number of hydrogen-bond donors (Lipinski definition) is 0. The maximum Gasteiger partial charge on any atom is 0.233 e. The first kappa shape index (κ1) is 16.5. The Bertz CT molecular complexity index is 656. The van der Waals surface area contributed by atoms with E-state index in [1.807, 2.05) is 34.0 Å². The molecule has 2 aromatic heterocycles. The van der Waals surface area contributed by atoms with Gasteiger partial charge in [0.1, 0.15) is 0 Å². The molecule has 0 unspecified atom stereocenters. The summed E-state index contributed by atoms with van der Waals surface area (Å²) in [6, 6.07) is 4.01. The average molecular weight is 352 g/mol. The minimum atomic E-state index is 0.137. The average Bonchev–Trinajstić information content (AvgIpc) is 3.22. The van der Waals surface area contributed by atoms with Crippen molar-refractivity contribution in [1.29, 1.82) is 0 Å². The number of amides is 1. The lowest BCUT2D eigenvalue weighted by Gasteiger charge is -2.32. The number of morpholine rings is 1. The van der Waals surface area contributed by atoms with E-state index in [1.54, 1.807) is 11.3 Å². The van der Waals surface area contributed by atoms with Crippen molar-refractivity contribution in [2.75, 3.05) is 25.4 Å². The summed E-state index contributed by atoms with van der Waals surface area (Å²) in [6.45, 7) is 4.07. The molecule has 1 aliphatic rings. The SMILES string of the molecule is CC[C@@H]1CN(C(=O)CSc2nnc(-c3cccs3)n2C)CCO1. The van der Waals surface area contributed by atoms with Crippen LogP contribution in [0.4, 0.5) is 0 Å². The van der Waals surface area contributed by atoms with Crippen molar-refractivity contribution in [3.05, 3.63) is 17.5 Å². The smallest absolute Gasteiger partial charge is 0.233 e. The zero-order valence-corrected chi connectivity index (χ0v) is 14.9. The molecule has 1 aliphatic heterocycles. The zero-order chi connectivity index (χ0) is 16.2. The van der Waals surface area contributed by atoms with E-state index in [2.05, 4.69) is 17.1 Å². The predicted molar refractivity (Wildman–Crippen MR) is 91.7 cm³/mol. The maximum atomic E-state index is 12.4. The molecule has 1 fully saturated rings. The molecule has 1 atom stereocenters. The van der Waals surface area contributed by atoms with E-state index < -0.39 is 0 Å². The number of rotatable bonds is 5. The van der Waals surface area contributed by atoms with Gasteiger partial charge >= 0.3 is 0 Å². The number of carbonyl (C=O) groups excluding carboxylic acids is 1. The number of carbonyl (C=O) groups is 1. The first-order valence-electron chi connectivity index (χ1n) is 7.64. The van der Waals surface area contributed by atoms with Gasteiger partial charge in [-0.05, 0) is 17.9 Å². The van der Waals surface area contributed by atoms with Gasteiger partial charge in [0.25, 0.3) is 0 Å². The topological polar surface area (TPSA) is 60.2 Å². The summed E-state index contributed by atoms with van der Waals surface area (Å²) in [6.07, 6.45) is 1.10. The fraction of sp³-hybridized carbons (Fsp3) is 0.533. The maximum absolute atomic E-state index is 12.4. The highest BCUT2D eigenvalue weighted by atomic mass is 32.2. The molecule has 8 heteroatoms. The molecule has 0 bridgehead atoms. The lowest BCUT2D eigenvalue weighted by atomic mass is 10.2. The lowest BCUT2D eigenvalue weighted by Crippen LogP contribution is -2.46. The van der Waals surface area contributed by atoms with Crippen molar-refractivity contribution < 1.29 is 9.53 Å². The molecule has 0 aromatic carbocycles. The highest BCUT2D eigenvalue weighted by molar-refractivity contribution is 7.99. The first-order chi connectivity index (χ1) is 11.2. The Morgan fingerprint density at radius 1 is 1.52 bits per heavy atom. The van der Waals surface area contributed by atoms with Crippen molar-refractivity contribution in [1.82, 2.24) is 19.7 Å². The number of nitrogens with zero attached hydrogens (tertiary/aromatic N) is 4. The Balaban J connectivity index is 1.59. The first-order valence-corrected chi connectivity index (χ1v) is 9.51. The minimum Gasteiger partial charge on any atom is -0.375 e. The van der Waals surface area contributed by atoms with E-state index >= 15 is 0 Å². The Morgan fingerprint density at radius 3 is 3.13 bits per heavy atom. The minimum absolute atomic E-state index is 0.137. The molecule has 0 radical (unpaired) electrons. The van der Waals surface area contributed by atoms with Crippen LogP contribution in [-0.2, 0) is 16.6 Å². The third-order valence-corrected chi connectivity index (χ3v) is 5.72. The van der Waals surface area contributed by atoms with Gasteiger partial charge in [-0.2, -0.15) is 0 Å². The summed E-state index contributed by atoms with van der Waals surface area (Å²) in [5.74, 6) is 1.36. The van der Waals surface area contributed by atoms with Crippen molar-refractivity contribution in [2.24, 2.45) is 7.05 Å². The summed E-state index contributed by atoms with van der Waals surface area (Å²) < 4.78 is 7.55. The number of aromatic nitrogens is 3. The molecule has 0 N–H and O–H groups in total. The van der Waals surface area contributed by atoms with Gasteiger partial charge in [0.05, 0.1) is 23.3 Å². The Hall–Kier alpha value is -1.38. The number of ether oxygens (including phenoxy) is 1. The van der Waals surface area contributed by atoms with E-state index in [0.717, 1.165) is 22.3 Å². The lowest BCUT2D eigenvalue weighted by molar-refractivity contribution is -0.135. The Kier molecular flexibility index (Phi) is 5.34. The molecule has 1 saturated heterocycles. The number of hydrogen-bond acceptors (Lipinski definition) is 6. The Morgan fingerprint density at radius 2 is 2.39 bits per heavy atom. The molecule has 124 valence electrons. The van der Waals surface area contributed by atoms with Gasteiger partial charge in [0.2, 0.25) is 5.91 Å². The standard InChI is InChI=1S/C15H20N4O2S2/c1-3-11-9-19(6-7-21-11)13(20)10-23-15-17-16-14(18(15)2)12-5-4-8-22-12/h4-5,8,11H,3,6-7,9-10H2,1-2H3/t11-/m1/s1. The van der Waals surface area contributed by atoms with Crippen molar-refractivity contribution in [2.45, 2.75) is 24.6 Å². The van der Waals surface area contributed by atoms with Crippen LogP contribution < -0.4 is 0 Å². The molecule has 1 amide bonds. The quantitative estimate of drug-likeness (QED) is 0.773. The van der Waals surface area contributed by atoms with Crippen molar-refractivity contribution in [3.8, 4) is 10.7 Å². The normalized spacial score (nSPS) is 18.3. The highest BCUT2D eigenvalue weighted by Gasteiger charge is 2.23. The van der Waals surface area contributed by atoms with E-state index in [4.69, 9.17) is 4.74 Å². The van der Waals surface area contributed by atoms with Crippen LogP contribution in [0.15, 0.2) is 22.7 Å². The van der Waals surface area contributed by atoms with Crippen LogP contribution in [0, 0.1) is 0 Å². The number of thiophene rings is 1. The molecular weight excluding hydrogens is 332 g/mol. The van der Waals surface area contributed by atoms with Crippen LogP contribution in [0.3, 0.4) is 0 Å². The molecule has 23 heavy (non-hydrogen) atoms. The van der Waals surface area contributed by atoms with Crippen molar-refractivity contribution >= 4 is 29.0 Å². The van der Waals surface area contributed by atoms with Crippen LogP contribution in [0.25, 0.3) is 10.7 Å². The fourth-order valence-electron chi connectivity index (χ4n) is 2.47. The second-order valence-electron chi connectivity index (χ2n) is 5.37.